The van der Waals surface area contributed by atoms with Crippen LogP contribution in [0.4, 0.5) is 0 Å². The van der Waals surface area contributed by atoms with E-state index in [4.69, 9.17) is 0 Å². The van der Waals surface area contributed by atoms with Crippen LogP contribution < -0.4 is 5.69 Å². The lowest BCUT2D eigenvalue weighted by molar-refractivity contribution is 0.103. The second-order valence-corrected chi connectivity index (χ2v) is 5.45. The number of nitrogens with zero attached hydrogens (tertiary/aromatic N) is 1. The molecule has 0 bridgehead atoms. The Balaban J connectivity index is 2.22. The number of aromatic nitrogens is 2. The van der Waals surface area contributed by atoms with E-state index in [1.54, 1.807) is 19.1 Å². The average molecular weight is 304 g/mol. The van der Waals surface area contributed by atoms with Crippen LogP contribution in [0.3, 0.4) is 0 Å². The summed E-state index contributed by atoms with van der Waals surface area (Å²) in [5.74, 6) is -0.151. The van der Waals surface area contributed by atoms with Gasteiger partial charge in [-0.05, 0) is 13.8 Å². The molecule has 0 spiro atoms. The van der Waals surface area contributed by atoms with Crippen molar-refractivity contribution in [2.24, 2.45) is 0 Å². The van der Waals surface area contributed by atoms with Crippen molar-refractivity contribution in [2.45, 2.75) is 13.8 Å². The number of H-pyrrole nitrogens is 1. The third-order valence-electron chi connectivity index (χ3n) is 3.71. The van der Waals surface area contributed by atoms with E-state index in [9.17, 15) is 9.59 Å². The quantitative estimate of drug-likeness (QED) is 0.755. The highest BCUT2D eigenvalue weighted by Crippen LogP contribution is 2.24. The molecule has 0 fully saturated rings. The van der Waals surface area contributed by atoms with E-state index < -0.39 is 5.69 Å². The van der Waals surface area contributed by atoms with Crippen LogP contribution in [-0.4, -0.2) is 15.8 Å². The van der Waals surface area contributed by atoms with Gasteiger partial charge in [0.2, 0.25) is 0 Å². The number of aromatic amines is 1. The van der Waals surface area contributed by atoms with E-state index in [2.05, 4.69) is 9.97 Å². The Morgan fingerprint density at radius 3 is 2.26 bits per heavy atom. The van der Waals surface area contributed by atoms with Crippen molar-refractivity contribution in [1.82, 2.24) is 9.97 Å². The third kappa shape index (κ3) is 2.97. The summed E-state index contributed by atoms with van der Waals surface area (Å²) < 4.78 is 0. The Hall–Kier alpha value is -3.01. The van der Waals surface area contributed by atoms with Gasteiger partial charge < -0.3 is 4.98 Å². The predicted molar refractivity (Wildman–Crippen MR) is 89.6 cm³/mol. The molecule has 3 rings (SSSR count). The molecule has 4 nitrogen and oxygen atoms in total. The van der Waals surface area contributed by atoms with Crippen molar-refractivity contribution in [2.75, 3.05) is 0 Å². The van der Waals surface area contributed by atoms with Crippen molar-refractivity contribution in [3.05, 3.63) is 87.5 Å². The van der Waals surface area contributed by atoms with Crippen molar-refractivity contribution >= 4 is 5.78 Å². The Kier molecular flexibility index (Phi) is 3.89. The second-order valence-electron chi connectivity index (χ2n) is 5.45. The molecular weight excluding hydrogens is 288 g/mol. The Morgan fingerprint density at radius 2 is 1.61 bits per heavy atom. The summed E-state index contributed by atoms with van der Waals surface area (Å²) in [7, 11) is 0. The van der Waals surface area contributed by atoms with Crippen LogP contribution >= 0.6 is 0 Å². The standard InChI is InChI=1S/C19H16N2O2/c1-12-8-10-14(11-9-12)17-16(13(2)20-19(23)21-17)18(22)15-6-4-3-5-7-15/h3-11H,1-2H3,(H,20,21,23). The molecule has 4 heteroatoms. The van der Waals surface area contributed by atoms with Gasteiger partial charge in [-0.3, -0.25) is 4.79 Å². The fraction of sp³-hybridized carbons (Fsp3) is 0.105. The van der Waals surface area contributed by atoms with Crippen LogP contribution in [0.1, 0.15) is 27.2 Å². The lowest BCUT2D eigenvalue weighted by Gasteiger charge is -2.11. The van der Waals surface area contributed by atoms with Crippen LogP contribution in [0.15, 0.2) is 59.4 Å². The van der Waals surface area contributed by atoms with Crippen molar-refractivity contribution < 1.29 is 4.79 Å². The Labute approximate surface area is 133 Å². The van der Waals surface area contributed by atoms with E-state index in [0.29, 0.717) is 22.5 Å². The predicted octanol–water partition coefficient (Wildman–Crippen LogP) is 3.28. The van der Waals surface area contributed by atoms with Gasteiger partial charge in [-0.1, -0.05) is 60.2 Å². The first-order chi connectivity index (χ1) is 11.1. The van der Waals surface area contributed by atoms with Gasteiger partial charge in [0, 0.05) is 16.8 Å². The smallest absolute Gasteiger partial charge is 0.309 e. The summed E-state index contributed by atoms with van der Waals surface area (Å²) in [6.45, 7) is 3.70. The van der Waals surface area contributed by atoms with Gasteiger partial charge in [0.25, 0.3) is 0 Å². The highest BCUT2D eigenvalue weighted by Gasteiger charge is 2.19. The van der Waals surface area contributed by atoms with E-state index in [1.807, 2.05) is 49.4 Å². The van der Waals surface area contributed by atoms with Gasteiger partial charge in [-0.25, -0.2) is 4.79 Å². The molecular formula is C19H16N2O2. The highest BCUT2D eigenvalue weighted by atomic mass is 16.1. The maximum Gasteiger partial charge on any atom is 0.345 e. The summed E-state index contributed by atoms with van der Waals surface area (Å²) in [6.07, 6.45) is 0. The van der Waals surface area contributed by atoms with Crippen molar-refractivity contribution in [1.29, 1.82) is 0 Å². The normalized spacial score (nSPS) is 10.5. The first-order valence-electron chi connectivity index (χ1n) is 7.34. The molecule has 0 atom stereocenters. The molecule has 0 unspecified atom stereocenters. The fourth-order valence-electron chi connectivity index (χ4n) is 2.52. The van der Waals surface area contributed by atoms with Crippen molar-refractivity contribution in [3.63, 3.8) is 0 Å². The molecule has 114 valence electrons. The third-order valence-corrected chi connectivity index (χ3v) is 3.71. The van der Waals surface area contributed by atoms with Crippen molar-refractivity contribution in [3.8, 4) is 11.3 Å². The van der Waals surface area contributed by atoms with Crippen LogP contribution in [0.2, 0.25) is 0 Å². The lowest BCUT2D eigenvalue weighted by atomic mass is 9.96. The number of hydrogen-bond acceptors (Lipinski definition) is 3. The molecule has 0 aliphatic carbocycles. The maximum atomic E-state index is 12.9. The van der Waals surface area contributed by atoms with Crippen LogP contribution in [0, 0.1) is 13.8 Å². The van der Waals surface area contributed by atoms with E-state index in [0.717, 1.165) is 11.1 Å². The van der Waals surface area contributed by atoms with E-state index in [1.165, 1.54) is 0 Å². The minimum Gasteiger partial charge on any atom is -0.309 e. The van der Waals surface area contributed by atoms with Crippen LogP contribution in [0.25, 0.3) is 11.3 Å². The number of ketones is 1. The summed E-state index contributed by atoms with van der Waals surface area (Å²) in [6, 6.07) is 16.6. The Bertz CT molecular complexity index is 910. The molecule has 0 aliphatic rings. The molecule has 3 aromatic rings. The number of rotatable bonds is 3. The minimum atomic E-state index is -0.456. The van der Waals surface area contributed by atoms with Gasteiger partial charge in [0.15, 0.2) is 5.78 Å². The number of benzene rings is 2. The number of aryl methyl sites for hydroxylation is 2. The number of nitrogens with one attached hydrogen (secondary N) is 1. The molecule has 0 radical (unpaired) electrons. The first kappa shape index (κ1) is 14.9. The molecule has 0 saturated carbocycles. The van der Waals surface area contributed by atoms with E-state index in [-0.39, 0.29) is 5.78 Å². The summed E-state index contributed by atoms with van der Waals surface area (Å²) in [5, 5.41) is 0. The largest absolute Gasteiger partial charge is 0.345 e. The Morgan fingerprint density at radius 1 is 0.957 bits per heavy atom. The van der Waals surface area contributed by atoms with Gasteiger partial charge in [0.05, 0.1) is 11.3 Å². The highest BCUT2D eigenvalue weighted by molar-refractivity contribution is 6.12. The molecule has 0 saturated heterocycles. The number of carbonyl (C=O) groups excluding carboxylic acids is 1. The summed E-state index contributed by atoms with van der Waals surface area (Å²) in [5.41, 5.74) is 3.34. The number of hydrogen-bond donors (Lipinski definition) is 1. The summed E-state index contributed by atoms with van der Waals surface area (Å²) in [4.78, 5) is 31.3. The molecule has 1 N–H and O–H groups in total. The monoisotopic (exact) mass is 304 g/mol. The zero-order valence-electron chi connectivity index (χ0n) is 13.0. The van der Waals surface area contributed by atoms with Gasteiger partial charge in [-0.2, -0.15) is 4.98 Å². The topological polar surface area (TPSA) is 62.8 Å². The first-order valence-corrected chi connectivity index (χ1v) is 7.34. The number of carbonyl (C=O) groups is 1. The maximum absolute atomic E-state index is 12.9. The van der Waals surface area contributed by atoms with E-state index >= 15 is 0 Å². The molecule has 0 amide bonds. The fourth-order valence-corrected chi connectivity index (χ4v) is 2.52. The zero-order valence-corrected chi connectivity index (χ0v) is 13.0. The van der Waals surface area contributed by atoms with Gasteiger partial charge >= 0.3 is 5.69 Å². The molecule has 1 heterocycles. The average Bonchev–Trinajstić information content (AvgIpc) is 2.55. The van der Waals surface area contributed by atoms with Crippen LogP contribution in [-0.2, 0) is 0 Å². The summed E-state index contributed by atoms with van der Waals surface area (Å²) >= 11 is 0. The lowest BCUT2D eigenvalue weighted by Crippen LogP contribution is -2.19. The SMILES string of the molecule is Cc1ccc(-c2nc(=O)[nH]c(C)c2C(=O)c2ccccc2)cc1. The minimum absolute atomic E-state index is 0.151. The second kappa shape index (κ2) is 6.01. The van der Waals surface area contributed by atoms with Gasteiger partial charge in [-0.15, -0.1) is 0 Å². The molecule has 2 aromatic carbocycles. The molecule has 0 aliphatic heterocycles. The van der Waals surface area contributed by atoms with Crippen LogP contribution in [0.5, 0.6) is 0 Å². The molecule has 23 heavy (non-hydrogen) atoms. The molecule has 1 aromatic heterocycles. The zero-order chi connectivity index (χ0) is 16.4. The van der Waals surface area contributed by atoms with Gasteiger partial charge in [0.1, 0.15) is 0 Å².